The molecular formula is C7H11NO3. The molecule has 1 rings (SSSR count). The second kappa shape index (κ2) is 2.90. The molecule has 0 aliphatic carbocycles. The van der Waals surface area contributed by atoms with Crippen molar-refractivity contribution >= 4 is 11.9 Å². The van der Waals surface area contributed by atoms with Crippen LogP contribution in [0.15, 0.2) is 0 Å². The van der Waals surface area contributed by atoms with Crippen molar-refractivity contribution in [1.82, 2.24) is 5.32 Å². The number of methoxy groups -OCH3 is 1. The van der Waals surface area contributed by atoms with Crippen molar-refractivity contribution in [3.63, 3.8) is 0 Å². The first-order valence-electron chi connectivity index (χ1n) is 3.52. The van der Waals surface area contributed by atoms with Crippen LogP contribution in [-0.4, -0.2) is 25.0 Å². The Balaban J connectivity index is 2.59. The molecule has 0 aromatic rings. The normalized spacial score (nSPS) is 29.8. The summed E-state index contributed by atoms with van der Waals surface area (Å²) in [7, 11) is 1.33. The Morgan fingerprint density at radius 1 is 1.73 bits per heavy atom. The van der Waals surface area contributed by atoms with Crippen molar-refractivity contribution in [2.45, 2.75) is 19.4 Å². The molecule has 0 saturated carbocycles. The fourth-order valence-electron chi connectivity index (χ4n) is 1.23. The van der Waals surface area contributed by atoms with E-state index < -0.39 is 0 Å². The molecule has 11 heavy (non-hydrogen) atoms. The Labute approximate surface area is 64.9 Å². The summed E-state index contributed by atoms with van der Waals surface area (Å²) in [5.74, 6) is -0.684. The van der Waals surface area contributed by atoms with Crippen molar-refractivity contribution in [1.29, 1.82) is 0 Å². The molecule has 0 radical (unpaired) electrons. The van der Waals surface area contributed by atoms with E-state index in [1.807, 2.05) is 0 Å². The second-order valence-corrected chi connectivity index (χ2v) is 2.69. The van der Waals surface area contributed by atoms with Crippen LogP contribution in [0, 0.1) is 5.92 Å². The van der Waals surface area contributed by atoms with Gasteiger partial charge in [0.25, 0.3) is 0 Å². The SMILES string of the molecule is COC(=O)[C@@H]1CC(=O)N[C@H]1C. The van der Waals surface area contributed by atoms with Crippen molar-refractivity contribution in [3.8, 4) is 0 Å². The van der Waals surface area contributed by atoms with Gasteiger partial charge in [-0.25, -0.2) is 0 Å². The van der Waals surface area contributed by atoms with E-state index in [9.17, 15) is 9.59 Å². The summed E-state index contributed by atoms with van der Waals surface area (Å²) in [6, 6.07) is -0.0880. The third-order valence-corrected chi connectivity index (χ3v) is 1.90. The van der Waals surface area contributed by atoms with Crippen LogP contribution in [-0.2, 0) is 14.3 Å². The first-order valence-corrected chi connectivity index (χ1v) is 3.52. The molecule has 0 aromatic heterocycles. The fourth-order valence-corrected chi connectivity index (χ4v) is 1.23. The summed E-state index contributed by atoms with van der Waals surface area (Å²) in [6.07, 6.45) is 0.258. The number of ether oxygens (including phenoxy) is 1. The predicted molar refractivity (Wildman–Crippen MR) is 37.7 cm³/mol. The number of rotatable bonds is 1. The molecule has 1 amide bonds. The van der Waals surface area contributed by atoms with Gasteiger partial charge in [-0.15, -0.1) is 0 Å². The second-order valence-electron chi connectivity index (χ2n) is 2.69. The summed E-state index contributed by atoms with van der Waals surface area (Å²) in [4.78, 5) is 21.7. The van der Waals surface area contributed by atoms with Gasteiger partial charge in [0.15, 0.2) is 0 Å². The molecule has 1 fully saturated rings. The number of hydrogen-bond acceptors (Lipinski definition) is 3. The molecule has 1 saturated heterocycles. The molecule has 0 aromatic carbocycles. The highest BCUT2D eigenvalue weighted by atomic mass is 16.5. The van der Waals surface area contributed by atoms with Gasteiger partial charge in [0.05, 0.1) is 13.0 Å². The highest BCUT2D eigenvalue weighted by molar-refractivity contribution is 5.87. The molecule has 62 valence electrons. The number of carbonyl (C=O) groups is 2. The van der Waals surface area contributed by atoms with E-state index in [0.717, 1.165) is 0 Å². The maximum atomic E-state index is 11.0. The summed E-state index contributed by atoms with van der Waals surface area (Å²) in [5, 5.41) is 2.64. The van der Waals surface area contributed by atoms with E-state index in [2.05, 4.69) is 10.1 Å². The lowest BCUT2D eigenvalue weighted by atomic mass is 10.0. The van der Waals surface area contributed by atoms with Crippen molar-refractivity contribution in [2.24, 2.45) is 5.92 Å². The van der Waals surface area contributed by atoms with Crippen LogP contribution < -0.4 is 5.32 Å². The largest absolute Gasteiger partial charge is 0.469 e. The van der Waals surface area contributed by atoms with Crippen LogP contribution in [0.1, 0.15) is 13.3 Å². The Morgan fingerprint density at radius 3 is 2.73 bits per heavy atom. The Morgan fingerprint density at radius 2 is 2.36 bits per heavy atom. The van der Waals surface area contributed by atoms with E-state index in [4.69, 9.17) is 0 Å². The zero-order chi connectivity index (χ0) is 8.43. The lowest BCUT2D eigenvalue weighted by Gasteiger charge is -2.10. The zero-order valence-corrected chi connectivity index (χ0v) is 6.59. The Bertz CT molecular complexity index is 190. The lowest BCUT2D eigenvalue weighted by molar-refractivity contribution is -0.146. The Hall–Kier alpha value is -1.06. The first-order chi connectivity index (χ1) is 5.15. The van der Waals surface area contributed by atoms with Crippen LogP contribution in [0.4, 0.5) is 0 Å². The van der Waals surface area contributed by atoms with Crippen LogP contribution in [0.5, 0.6) is 0 Å². The molecule has 1 aliphatic rings. The highest BCUT2D eigenvalue weighted by Crippen LogP contribution is 2.16. The van der Waals surface area contributed by atoms with Gasteiger partial charge < -0.3 is 10.1 Å². The van der Waals surface area contributed by atoms with Gasteiger partial charge in [0.1, 0.15) is 0 Å². The molecule has 1 N–H and O–H groups in total. The summed E-state index contributed by atoms with van der Waals surface area (Å²) >= 11 is 0. The van der Waals surface area contributed by atoms with Gasteiger partial charge in [-0.2, -0.15) is 0 Å². The van der Waals surface area contributed by atoms with E-state index in [1.54, 1.807) is 6.92 Å². The van der Waals surface area contributed by atoms with Crippen LogP contribution in [0.3, 0.4) is 0 Å². The number of nitrogens with one attached hydrogen (secondary N) is 1. The topological polar surface area (TPSA) is 55.4 Å². The maximum Gasteiger partial charge on any atom is 0.311 e. The number of hydrogen-bond donors (Lipinski definition) is 1. The van der Waals surface area contributed by atoms with Gasteiger partial charge in [-0.3, -0.25) is 9.59 Å². The van der Waals surface area contributed by atoms with E-state index in [0.29, 0.717) is 0 Å². The van der Waals surface area contributed by atoms with E-state index in [-0.39, 0.29) is 30.3 Å². The minimum absolute atomic E-state index is 0.0760. The van der Waals surface area contributed by atoms with Gasteiger partial charge in [-0.1, -0.05) is 0 Å². The van der Waals surface area contributed by atoms with Crippen LogP contribution in [0.2, 0.25) is 0 Å². The molecule has 4 heteroatoms. The molecule has 2 atom stereocenters. The fraction of sp³-hybridized carbons (Fsp3) is 0.714. The molecular weight excluding hydrogens is 146 g/mol. The van der Waals surface area contributed by atoms with Crippen molar-refractivity contribution in [3.05, 3.63) is 0 Å². The maximum absolute atomic E-state index is 11.0. The molecule has 0 unspecified atom stereocenters. The Kier molecular flexibility index (Phi) is 2.12. The summed E-state index contributed by atoms with van der Waals surface area (Å²) in [5.41, 5.74) is 0. The summed E-state index contributed by atoms with van der Waals surface area (Å²) in [6.45, 7) is 1.80. The average Bonchev–Trinajstić information content (AvgIpc) is 2.28. The van der Waals surface area contributed by atoms with Crippen molar-refractivity contribution < 1.29 is 14.3 Å². The van der Waals surface area contributed by atoms with Gasteiger partial charge in [0, 0.05) is 12.5 Å². The zero-order valence-electron chi connectivity index (χ0n) is 6.59. The molecule has 0 spiro atoms. The third kappa shape index (κ3) is 1.50. The monoisotopic (exact) mass is 157 g/mol. The smallest absolute Gasteiger partial charge is 0.311 e. The van der Waals surface area contributed by atoms with E-state index >= 15 is 0 Å². The standard InChI is InChI=1S/C7H11NO3/c1-4-5(7(10)11-2)3-6(9)8-4/h4-5H,3H2,1-2H3,(H,8,9)/t4-,5+/m0/s1. The molecule has 4 nitrogen and oxygen atoms in total. The number of esters is 1. The quantitative estimate of drug-likeness (QED) is 0.531. The van der Waals surface area contributed by atoms with E-state index in [1.165, 1.54) is 7.11 Å². The third-order valence-electron chi connectivity index (χ3n) is 1.90. The lowest BCUT2D eigenvalue weighted by Crippen LogP contribution is -2.29. The molecule has 0 bridgehead atoms. The van der Waals surface area contributed by atoms with Gasteiger partial charge >= 0.3 is 5.97 Å². The van der Waals surface area contributed by atoms with Crippen LogP contribution >= 0.6 is 0 Å². The van der Waals surface area contributed by atoms with Crippen molar-refractivity contribution in [2.75, 3.05) is 7.11 Å². The number of amides is 1. The minimum Gasteiger partial charge on any atom is -0.469 e. The first kappa shape index (κ1) is 8.04. The summed E-state index contributed by atoms with van der Waals surface area (Å²) < 4.78 is 4.52. The van der Waals surface area contributed by atoms with Gasteiger partial charge in [-0.05, 0) is 6.92 Å². The van der Waals surface area contributed by atoms with Gasteiger partial charge in [0.2, 0.25) is 5.91 Å². The van der Waals surface area contributed by atoms with Crippen LogP contribution in [0.25, 0.3) is 0 Å². The number of carbonyl (C=O) groups excluding carboxylic acids is 2. The molecule has 1 aliphatic heterocycles. The minimum atomic E-state index is -0.309. The average molecular weight is 157 g/mol. The highest BCUT2D eigenvalue weighted by Gasteiger charge is 2.35. The predicted octanol–water partition coefficient (Wildman–Crippen LogP) is -0.316. The molecule has 1 heterocycles.